The largest absolute Gasteiger partial charge is 0.507 e. The van der Waals surface area contributed by atoms with Crippen molar-refractivity contribution in [2.24, 2.45) is 14.1 Å². The average molecular weight is 937 g/mol. The van der Waals surface area contributed by atoms with Crippen molar-refractivity contribution in [1.82, 2.24) is 19.1 Å². The molecule has 8 nitrogen and oxygen atoms in total. The van der Waals surface area contributed by atoms with Gasteiger partial charge in [0.2, 0.25) is 0 Å². The highest BCUT2D eigenvalue weighted by molar-refractivity contribution is 5.76. The van der Waals surface area contributed by atoms with Crippen LogP contribution >= 0.6 is 0 Å². The van der Waals surface area contributed by atoms with Gasteiger partial charge in [0.05, 0.1) is 22.1 Å². The summed E-state index contributed by atoms with van der Waals surface area (Å²) in [5, 5.41) is 25.6. The van der Waals surface area contributed by atoms with Crippen molar-refractivity contribution in [3.8, 4) is 23.0 Å². The quantitative estimate of drug-likeness (QED) is 0.172. The lowest BCUT2D eigenvalue weighted by Crippen LogP contribution is -2.17. The molecule has 8 aromatic rings. The summed E-state index contributed by atoms with van der Waals surface area (Å²) in [6.45, 7) is 27.3. The number of aromatic hydroxyl groups is 2. The number of aryl methyl sites for hydroxylation is 2. The number of imidazole rings is 2. The maximum Gasteiger partial charge on any atom is 0.147 e. The Morgan fingerprint density at radius 1 is 0.414 bits per heavy atom. The molecule has 1 aliphatic rings. The van der Waals surface area contributed by atoms with Gasteiger partial charge in [-0.1, -0.05) is 156 Å². The van der Waals surface area contributed by atoms with Gasteiger partial charge in [-0.05, 0) is 113 Å². The van der Waals surface area contributed by atoms with Gasteiger partial charge in [-0.2, -0.15) is 0 Å². The molecule has 0 saturated heterocycles. The lowest BCUT2D eigenvalue weighted by molar-refractivity contribution is 0.286. The van der Waals surface area contributed by atoms with Crippen LogP contribution in [0.5, 0.6) is 23.0 Å². The molecule has 8 heteroatoms. The van der Waals surface area contributed by atoms with E-state index in [2.05, 4.69) is 153 Å². The van der Waals surface area contributed by atoms with E-state index >= 15 is 0 Å². The Balaban J connectivity index is 1.31. The van der Waals surface area contributed by atoms with E-state index in [1.54, 1.807) is 0 Å². The van der Waals surface area contributed by atoms with Gasteiger partial charge in [0.15, 0.2) is 0 Å². The second kappa shape index (κ2) is 17.7. The monoisotopic (exact) mass is 937 g/mol. The maximum absolute atomic E-state index is 12.8. The molecule has 0 atom stereocenters. The van der Waals surface area contributed by atoms with Crippen LogP contribution in [-0.4, -0.2) is 29.3 Å². The lowest BCUT2D eigenvalue weighted by atomic mass is 9.79. The number of phenols is 2. The molecular formula is C62H72N4O4. The number of benzene rings is 6. The number of phenolic OH excluding ortho intramolecular Hbond substituents is 2. The topological polar surface area (TPSA) is 94.6 Å². The first-order valence-electron chi connectivity index (χ1n) is 24.9. The van der Waals surface area contributed by atoms with Gasteiger partial charge in [0, 0.05) is 39.8 Å². The fourth-order valence-electron chi connectivity index (χ4n) is 9.94. The van der Waals surface area contributed by atoms with E-state index in [9.17, 15) is 10.2 Å². The number of hydrogen-bond acceptors (Lipinski definition) is 6. The van der Waals surface area contributed by atoms with Crippen molar-refractivity contribution >= 4 is 22.1 Å². The molecule has 0 aliphatic heterocycles. The van der Waals surface area contributed by atoms with E-state index < -0.39 is 0 Å². The summed E-state index contributed by atoms with van der Waals surface area (Å²) in [4.78, 5) is 10.0. The van der Waals surface area contributed by atoms with Crippen molar-refractivity contribution in [3.05, 3.63) is 175 Å². The fourth-order valence-corrected chi connectivity index (χ4v) is 9.94. The summed E-state index contributed by atoms with van der Waals surface area (Å²) in [6.07, 6.45) is 1.67. The molecule has 9 rings (SSSR count). The standard InChI is InChI=1S/C62H72N4O4/c1-59(2,3)45-27-37-23-41-31-47(61(7,8)9)33-43(57(41)69-35-53-63-49-19-15-17-21-51(49)65(53)13)25-39-29-46(60(4,5)6)30-40(56(39)68)26-44-34-48(62(10,11)12)32-42(24-38(28-45)55(37)67)58(44)70-36-54-64-50-20-16-18-22-52(50)66(54)14/h15-22,27-34,67-68H,23-26,35-36H2,1-14H3. The highest BCUT2D eigenvalue weighted by Crippen LogP contribution is 2.44. The van der Waals surface area contributed by atoms with E-state index in [-0.39, 0.29) is 46.4 Å². The molecule has 0 amide bonds. The third-order valence-electron chi connectivity index (χ3n) is 14.5. The Morgan fingerprint density at radius 3 is 0.929 bits per heavy atom. The minimum Gasteiger partial charge on any atom is -0.507 e. The highest BCUT2D eigenvalue weighted by atomic mass is 16.5. The normalized spacial score (nSPS) is 13.6. The molecule has 0 unspecified atom stereocenters. The minimum absolute atomic E-state index is 0.216. The van der Waals surface area contributed by atoms with Crippen LogP contribution < -0.4 is 9.47 Å². The van der Waals surface area contributed by atoms with Crippen LogP contribution in [0.3, 0.4) is 0 Å². The predicted octanol–water partition coefficient (Wildman–Crippen LogP) is 13.9. The van der Waals surface area contributed by atoms with Crippen LogP contribution in [0, 0.1) is 0 Å². The number of nitrogens with zero attached hydrogens (tertiary/aromatic N) is 4. The van der Waals surface area contributed by atoms with Gasteiger partial charge in [-0.25, -0.2) is 9.97 Å². The number of para-hydroxylation sites is 4. The molecule has 0 fully saturated rings. The zero-order valence-corrected chi connectivity index (χ0v) is 44.0. The van der Waals surface area contributed by atoms with Gasteiger partial charge in [0.1, 0.15) is 47.9 Å². The number of hydrogen-bond donors (Lipinski definition) is 2. The molecule has 8 bridgehead atoms. The number of fused-ring (bicyclic) bond motifs is 10. The van der Waals surface area contributed by atoms with E-state index in [0.717, 1.165) is 112 Å². The first-order valence-corrected chi connectivity index (χ1v) is 24.9. The summed E-state index contributed by atoms with van der Waals surface area (Å²) in [5.41, 5.74) is 14.8. The van der Waals surface area contributed by atoms with Crippen LogP contribution in [-0.2, 0) is 74.7 Å². The molecule has 2 heterocycles. The zero-order valence-electron chi connectivity index (χ0n) is 44.0. The molecule has 2 N–H and O–H groups in total. The number of rotatable bonds is 6. The highest BCUT2D eigenvalue weighted by Gasteiger charge is 2.29. The molecule has 1 aliphatic carbocycles. The minimum atomic E-state index is -0.223. The van der Waals surface area contributed by atoms with Crippen LogP contribution in [0.1, 0.15) is 161 Å². The van der Waals surface area contributed by atoms with Crippen molar-refractivity contribution in [3.63, 3.8) is 0 Å². The number of ether oxygens (including phenoxy) is 2. The van der Waals surface area contributed by atoms with Crippen molar-refractivity contribution in [2.75, 3.05) is 0 Å². The first-order chi connectivity index (χ1) is 32.8. The predicted molar refractivity (Wildman–Crippen MR) is 285 cm³/mol. The average Bonchev–Trinajstić information content (AvgIpc) is 3.78. The molecule has 70 heavy (non-hydrogen) atoms. The maximum atomic E-state index is 12.8. The second-order valence-electron chi connectivity index (χ2n) is 24.0. The van der Waals surface area contributed by atoms with Crippen LogP contribution in [0.25, 0.3) is 22.1 Å². The fraction of sp³-hybridized carbons (Fsp3) is 0.387. The molecular weight excluding hydrogens is 865 g/mol. The molecule has 0 radical (unpaired) electrons. The summed E-state index contributed by atoms with van der Waals surface area (Å²) in [5.74, 6) is 3.65. The SMILES string of the molecule is Cn1c(COc2c3cc(C(C)(C)C)cc2Cc2cc(C(C)(C)C)cc(c2O)Cc2cc(C(C)(C)C)cc(c2OCc2nc4ccccc4n2C)Cc2cc(C(C)(C)C)cc(c2O)C3)nc2ccccc21. The second-order valence-corrected chi connectivity index (χ2v) is 24.0. The Labute approximate surface area is 415 Å². The molecule has 0 spiro atoms. The van der Waals surface area contributed by atoms with Gasteiger partial charge in [-0.3, -0.25) is 0 Å². The van der Waals surface area contributed by atoms with E-state index in [4.69, 9.17) is 19.4 Å². The first kappa shape index (κ1) is 48.5. The van der Waals surface area contributed by atoms with Crippen molar-refractivity contribution < 1.29 is 19.7 Å². The summed E-state index contributed by atoms with van der Waals surface area (Å²) < 4.78 is 18.4. The van der Waals surface area contributed by atoms with Gasteiger partial charge in [-0.15, -0.1) is 0 Å². The van der Waals surface area contributed by atoms with Crippen LogP contribution in [0.4, 0.5) is 0 Å². The van der Waals surface area contributed by atoms with E-state index in [1.807, 2.05) is 50.5 Å². The Hall–Kier alpha value is -6.54. The van der Waals surface area contributed by atoms with Gasteiger partial charge >= 0.3 is 0 Å². The summed E-state index contributed by atoms with van der Waals surface area (Å²) in [6, 6.07) is 34.1. The molecule has 6 aromatic carbocycles. The lowest BCUT2D eigenvalue weighted by Gasteiger charge is -2.28. The smallest absolute Gasteiger partial charge is 0.147 e. The van der Waals surface area contributed by atoms with Gasteiger partial charge in [0.25, 0.3) is 0 Å². The molecule has 364 valence electrons. The van der Waals surface area contributed by atoms with Gasteiger partial charge < -0.3 is 28.8 Å². The zero-order chi connectivity index (χ0) is 50.2. The molecule has 2 aromatic heterocycles. The van der Waals surface area contributed by atoms with Crippen LogP contribution in [0.15, 0.2) is 97.1 Å². The Kier molecular flexibility index (Phi) is 12.3. The third-order valence-corrected chi connectivity index (χ3v) is 14.5. The Bertz CT molecular complexity index is 2990. The summed E-state index contributed by atoms with van der Waals surface area (Å²) in [7, 11) is 4.07. The molecule has 0 saturated carbocycles. The van der Waals surface area contributed by atoms with Crippen LogP contribution in [0.2, 0.25) is 0 Å². The number of aromatic nitrogens is 4. The Morgan fingerprint density at radius 2 is 0.671 bits per heavy atom. The van der Waals surface area contributed by atoms with E-state index in [0.29, 0.717) is 25.7 Å². The van der Waals surface area contributed by atoms with Crippen molar-refractivity contribution in [2.45, 2.75) is 144 Å². The summed E-state index contributed by atoms with van der Waals surface area (Å²) >= 11 is 0. The third kappa shape index (κ3) is 9.54. The van der Waals surface area contributed by atoms with Crippen molar-refractivity contribution in [1.29, 1.82) is 0 Å². The van der Waals surface area contributed by atoms with E-state index in [1.165, 1.54) is 0 Å².